The zero-order valence-electron chi connectivity index (χ0n) is 10.3. The maximum absolute atomic E-state index is 13.1. The van der Waals surface area contributed by atoms with Gasteiger partial charge in [-0.3, -0.25) is 5.10 Å². The van der Waals surface area contributed by atoms with Gasteiger partial charge in [-0.25, -0.2) is 22.5 Å². The van der Waals surface area contributed by atoms with Crippen molar-refractivity contribution in [3.05, 3.63) is 41.2 Å². The van der Waals surface area contributed by atoms with Crippen LogP contribution in [0, 0.1) is 5.82 Å². The summed E-state index contributed by atoms with van der Waals surface area (Å²) < 4.78 is 39.4. The van der Waals surface area contributed by atoms with Gasteiger partial charge in [-0.05, 0) is 24.6 Å². The summed E-state index contributed by atoms with van der Waals surface area (Å²) in [5.41, 5.74) is 0. The van der Waals surface area contributed by atoms with E-state index in [0.717, 1.165) is 12.1 Å². The maximum Gasteiger partial charge on any atom is 0.242 e. The molecule has 2 N–H and O–H groups in total. The van der Waals surface area contributed by atoms with Gasteiger partial charge >= 0.3 is 0 Å². The molecule has 9 heteroatoms. The lowest BCUT2D eigenvalue weighted by Gasteiger charge is -2.08. The van der Waals surface area contributed by atoms with Crippen molar-refractivity contribution in [3.8, 4) is 0 Å². The summed E-state index contributed by atoms with van der Waals surface area (Å²) in [6.07, 6.45) is 2.47. The van der Waals surface area contributed by atoms with Gasteiger partial charge in [0.25, 0.3) is 0 Å². The standard InChI is InChI=1S/C11H12ClFN4O2S/c12-9-4-3-8(13)6-10(9)20(18,19)16-5-1-2-11-14-7-15-17-11/h3-4,6-7,16H,1-2,5H2,(H,14,15,17). The first-order valence-electron chi connectivity index (χ1n) is 5.78. The molecule has 1 heterocycles. The number of rotatable bonds is 6. The van der Waals surface area contributed by atoms with Crippen LogP contribution in [0.25, 0.3) is 0 Å². The highest BCUT2D eigenvalue weighted by Crippen LogP contribution is 2.21. The molecule has 0 radical (unpaired) electrons. The summed E-state index contributed by atoms with van der Waals surface area (Å²) in [5.74, 6) is 0.0180. The maximum atomic E-state index is 13.1. The van der Waals surface area contributed by atoms with Crippen molar-refractivity contribution in [1.29, 1.82) is 0 Å². The second-order valence-electron chi connectivity index (χ2n) is 4.01. The molecule has 0 saturated carbocycles. The van der Waals surface area contributed by atoms with Crippen LogP contribution in [0.15, 0.2) is 29.4 Å². The van der Waals surface area contributed by atoms with E-state index < -0.39 is 15.8 Å². The van der Waals surface area contributed by atoms with Gasteiger partial charge in [0.15, 0.2) is 0 Å². The Balaban J connectivity index is 1.95. The van der Waals surface area contributed by atoms with Crippen LogP contribution in [0.4, 0.5) is 4.39 Å². The van der Waals surface area contributed by atoms with Gasteiger partial charge in [-0.2, -0.15) is 5.10 Å². The molecule has 0 saturated heterocycles. The second-order valence-corrected chi connectivity index (χ2v) is 6.15. The highest BCUT2D eigenvalue weighted by molar-refractivity contribution is 7.89. The SMILES string of the molecule is O=S(=O)(NCCCc1ncn[nH]1)c1cc(F)ccc1Cl. The molecule has 0 unspecified atom stereocenters. The molecule has 6 nitrogen and oxygen atoms in total. The van der Waals surface area contributed by atoms with E-state index >= 15 is 0 Å². The van der Waals surface area contributed by atoms with Crippen molar-refractivity contribution >= 4 is 21.6 Å². The molecule has 0 atom stereocenters. The van der Waals surface area contributed by atoms with E-state index in [1.165, 1.54) is 12.4 Å². The molecular weight excluding hydrogens is 307 g/mol. The summed E-state index contributed by atoms with van der Waals surface area (Å²) in [4.78, 5) is 3.65. The first-order chi connectivity index (χ1) is 9.49. The quantitative estimate of drug-likeness (QED) is 0.790. The molecule has 0 aliphatic carbocycles. The van der Waals surface area contributed by atoms with Crippen LogP contribution in [-0.2, 0) is 16.4 Å². The molecule has 0 fully saturated rings. The lowest BCUT2D eigenvalue weighted by molar-refractivity contribution is 0.574. The van der Waals surface area contributed by atoms with Crippen LogP contribution in [0.2, 0.25) is 5.02 Å². The predicted octanol–water partition coefficient (Wildman–Crippen LogP) is 1.51. The zero-order chi connectivity index (χ0) is 14.6. The number of hydrogen-bond acceptors (Lipinski definition) is 4. The normalized spacial score (nSPS) is 11.7. The van der Waals surface area contributed by atoms with E-state index in [2.05, 4.69) is 19.9 Å². The van der Waals surface area contributed by atoms with Gasteiger partial charge in [0.05, 0.1) is 5.02 Å². The Morgan fingerprint density at radius 1 is 1.40 bits per heavy atom. The van der Waals surface area contributed by atoms with Crippen molar-refractivity contribution in [2.24, 2.45) is 0 Å². The first kappa shape index (κ1) is 14.9. The fourth-order valence-corrected chi connectivity index (χ4v) is 3.16. The molecule has 0 spiro atoms. The number of halogens is 2. The van der Waals surface area contributed by atoms with E-state index in [4.69, 9.17) is 11.6 Å². The smallest absolute Gasteiger partial charge is 0.242 e. The van der Waals surface area contributed by atoms with Crippen molar-refractivity contribution in [2.45, 2.75) is 17.7 Å². The van der Waals surface area contributed by atoms with Crippen LogP contribution in [0.1, 0.15) is 12.2 Å². The highest BCUT2D eigenvalue weighted by Gasteiger charge is 2.18. The Morgan fingerprint density at radius 3 is 2.90 bits per heavy atom. The molecule has 2 rings (SSSR count). The number of aromatic amines is 1. The van der Waals surface area contributed by atoms with Gasteiger partial charge in [-0.1, -0.05) is 11.6 Å². The number of H-pyrrole nitrogens is 1. The first-order valence-corrected chi connectivity index (χ1v) is 7.64. The Kier molecular flexibility index (Phi) is 4.69. The van der Waals surface area contributed by atoms with Crippen molar-refractivity contribution in [1.82, 2.24) is 19.9 Å². The van der Waals surface area contributed by atoms with Gasteiger partial charge < -0.3 is 0 Å². The minimum absolute atomic E-state index is 0.0193. The molecule has 2 aromatic rings. The molecule has 1 aromatic carbocycles. The van der Waals surface area contributed by atoms with Gasteiger partial charge in [0.1, 0.15) is 22.9 Å². The predicted molar refractivity (Wildman–Crippen MR) is 71.3 cm³/mol. The number of aryl methyl sites for hydroxylation is 1. The molecular formula is C11H12ClFN4O2S. The number of sulfonamides is 1. The number of aromatic nitrogens is 3. The Bertz CT molecular complexity index is 676. The van der Waals surface area contributed by atoms with Crippen molar-refractivity contribution < 1.29 is 12.8 Å². The molecule has 0 amide bonds. The molecule has 108 valence electrons. The largest absolute Gasteiger partial charge is 0.263 e. The fourth-order valence-electron chi connectivity index (χ4n) is 1.57. The Hall–Kier alpha value is -1.51. The minimum Gasteiger partial charge on any atom is -0.263 e. The summed E-state index contributed by atoms with van der Waals surface area (Å²) in [5, 5.41) is 6.34. The topological polar surface area (TPSA) is 87.7 Å². The molecule has 1 aromatic heterocycles. The van der Waals surface area contributed by atoms with Crippen LogP contribution < -0.4 is 4.72 Å². The summed E-state index contributed by atoms with van der Waals surface area (Å²) >= 11 is 5.77. The minimum atomic E-state index is -3.82. The Labute approximate surface area is 120 Å². The molecule has 0 aliphatic heterocycles. The fraction of sp³-hybridized carbons (Fsp3) is 0.273. The van der Waals surface area contributed by atoms with Gasteiger partial charge in [-0.15, -0.1) is 0 Å². The number of benzene rings is 1. The van der Waals surface area contributed by atoms with E-state index in [1.807, 2.05) is 0 Å². The van der Waals surface area contributed by atoms with E-state index in [9.17, 15) is 12.8 Å². The summed E-state index contributed by atoms with van der Waals surface area (Å²) in [6, 6.07) is 3.20. The number of hydrogen-bond donors (Lipinski definition) is 2. The zero-order valence-corrected chi connectivity index (χ0v) is 11.9. The third-order valence-corrected chi connectivity index (χ3v) is 4.47. The van der Waals surface area contributed by atoms with Crippen molar-refractivity contribution in [2.75, 3.05) is 6.54 Å². The average molecular weight is 319 g/mol. The van der Waals surface area contributed by atoms with Crippen molar-refractivity contribution in [3.63, 3.8) is 0 Å². The highest BCUT2D eigenvalue weighted by atomic mass is 35.5. The summed E-state index contributed by atoms with van der Waals surface area (Å²) in [6.45, 7) is 0.190. The second kappa shape index (κ2) is 6.29. The van der Waals surface area contributed by atoms with E-state index in [1.54, 1.807) is 0 Å². The lowest BCUT2D eigenvalue weighted by atomic mass is 10.3. The van der Waals surface area contributed by atoms with Gasteiger partial charge in [0.2, 0.25) is 10.0 Å². The monoisotopic (exact) mass is 318 g/mol. The number of nitrogens with zero attached hydrogens (tertiary/aromatic N) is 2. The van der Waals surface area contributed by atoms with Crippen LogP contribution in [-0.4, -0.2) is 30.1 Å². The average Bonchev–Trinajstić information content (AvgIpc) is 2.90. The lowest BCUT2D eigenvalue weighted by Crippen LogP contribution is -2.25. The third-order valence-electron chi connectivity index (χ3n) is 2.53. The number of nitrogens with one attached hydrogen (secondary N) is 2. The van der Waals surface area contributed by atoms with Crippen LogP contribution in [0.3, 0.4) is 0 Å². The van der Waals surface area contributed by atoms with Crippen LogP contribution in [0.5, 0.6) is 0 Å². The van der Waals surface area contributed by atoms with Crippen LogP contribution >= 0.6 is 11.6 Å². The Morgan fingerprint density at radius 2 is 2.20 bits per heavy atom. The molecule has 20 heavy (non-hydrogen) atoms. The summed E-state index contributed by atoms with van der Waals surface area (Å²) in [7, 11) is -3.82. The molecule has 0 aliphatic rings. The van der Waals surface area contributed by atoms with E-state index in [-0.39, 0.29) is 16.5 Å². The molecule has 0 bridgehead atoms. The van der Waals surface area contributed by atoms with E-state index in [0.29, 0.717) is 18.7 Å². The van der Waals surface area contributed by atoms with Gasteiger partial charge in [0, 0.05) is 13.0 Å². The third kappa shape index (κ3) is 3.75.